The summed E-state index contributed by atoms with van der Waals surface area (Å²) in [6, 6.07) is 20.1. The molecular formula is C24H34O4. The average Bonchev–Trinajstić information content (AvgIpc) is 2.76. The number of benzene rings is 2. The van der Waals surface area contributed by atoms with Gasteiger partial charge in [0.1, 0.15) is 5.60 Å². The summed E-state index contributed by atoms with van der Waals surface area (Å²) in [5, 5.41) is 19.4. The van der Waals surface area contributed by atoms with Crippen molar-refractivity contribution >= 4 is 0 Å². The minimum atomic E-state index is -0.528. The van der Waals surface area contributed by atoms with E-state index in [9.17, 15) is 5.11 Å². The van der Waals surface area contributed by atoms with Crippen molar-refractivity contribution in [2.45, 2.75) is 75.4 Å². The van der Waals surface area contributed by atoms with Crippen molar-refractivity contribution in [3.05, 3.63) is 71.8 Å². The van der Waals surface area contributed by atoms with E-state index in [2.05, 4.69) is 0 Å². The Hall–Kier alpha value is -1.72. The highest BCUT2D eigenvalue weighted by molar-refractivity contribution is 5.23. The van der Waals surface area contributed by atoms with Gasteiger partial charge in [-0.05, 0) is 36.8 Å². The first-order chi connectivity index (χ1) is 13.2. The third-order valence-corrected chi connectivity index (χ3v) is 6.13. The summed E-state index contributed by atoms with van der Waals surface area (Å²) in [6.45, 7) is 0. The van der Waals surface area contributed by atoms with Crippen LogP contribution in [0.1, 0.15) is 75.3 Å². The van der Waals surface area contributed by atoms with Crippen LogP contribution in [0.5, 0.6) is 0 Å². The molecule has 2 aromatic rings. The molecule has 4 nitrogen and oxygen atoms in total. The van der Waals surface area contributed by atoms with Gasteiger partial charge in [0.05, 0.1) is 5.60 Å². The van der Waals surface area contributed by atoms with Crippen molar-refractivity contribution in [3.8, 4) is 0 Å². The van der Waals surface area contributed by atoms with E-state index in [0.29, 0.717) is 0 Å². The van der Waals surface area contributed by atoms with E-state index in [0.717, 1.165) is 62.5 Å². The van der Waals surface area contributed by atoms with Crippen LogP contribution in [-0.2, 0) is 16.1 Å². The van der Waals surface area contributed by atoms with Crippen LogP contribution in [0.25, 0.3) is 0 Å². The molecule has 0 aromatic heterocycles. The Morgan fingerprint density at radius 2 is 1.04 bits per heavy atom. The van der Waals surface area contributed by atoms with E-state index in [1.807, 2.05) is 60.7 Å². The summed E-state index contributed by atoms with van der Waals surface area (Å²) < 4.78 is 0. The number of aliphatic hydroxyl groups is 1. The van der Waals surface area contributed by atoms with Gasteiger partial charge in [0.2, 0.25) is 0 Å². The quantitative estimate of drug-likeness (QED) is 0.551. The van der Waals surface area contributed by atoms with Gasteiger partial charge in [-0.25, -0.2) is 4.89 Å². The fraction of sp³-hybridized carbons (Fsp3) is 0.500. The topological polar surface area (TPSA) is 81.2 Å². The molecule has 2 fully saturated rings. The summed E-state index contributed by atoms with van der Waals surface area (Å²) in [4.78, 5) is 4.76. The van der Waals surface area contributed by atoms with Crippen LogP contribution in [0, 0.1) is 0 Å². The molecule has 2 aliphatic carbocycles. The molecule has 0 amide bonds. The monoisotopic (exact) mass is 386 g/mol. The standard InChI is InChI=1S/C12H16O2.C12H16O.H2O/c13-14-12(9-5-2-6-10-12)11-7-3-1-4-8-11;13-12(9-5-2-6-10-12)11-7-3-1-4-8-11;/h1,3-4,7-8,13H,2,5-6,9-10H2;1,3-4,7-8,13H,2,5-6,9-10H2;1H2. The van der Waals surface area contributed by atoms with Crippen LogP contribution in [0.4, 0.5) is 0 Å². The molecule has 0 spiro atoms. The summed E-state index contributed by atoms with van der Waals surface area (Å²) in [6.07, 6.45) is 10.8. The van der Waals surface area contributed by atoms with E-state index >= 15 is 0 Å². The second-order valence-electron chi connectivity index (χ2n) is 7.97. The molecule has 0 bridgehead atoms. The van der Waals surface area contributed by atoms with Crippen molar-refractivity contribution < 1.29 is 20.7 Å². The Morgan fingerprint density at radius 3 is 1.50 bits per heavy atom. The zero-order valence-corrected chi connectivity index (χ0v) is 16.6. The predicted molar refractivity (Wildman–Crippen MR) is 112 cm³/mol. The van der Waals surface area contributed by atoms with Gasteiger partial charge in [0, 0.05) is 0 Å². The maximum absolute atomic E-state index is 10.3. The first-order valence-corrected chi connectivity index (χ1v) is 10.3. The molecule has 4 N–H and O–H groups in total. The molecule has 154 valence electrons. The van der Waals surface area contributed by atoms with Gasteiger partial charge in [0.15, 0.2) is 0 Å². The molecule has 2 saturated carbocycles. The van der Waals surface area contributed by atoms with Gasteiger partial charge in [-0.2, -0.15) is 0 Å². The molecule has 4 rings (SSSR count). The molecule has 0 saturated heterocycles. The van der Waals surface area contributed by atoms with E-state index in [1.165, 1.54) is 12.8 Å². The lowest BCUT2D eigenvalue weighted by atomic mass is 9.80. The minimum absolute atomic E-state index is 0. The van der Waals surface area contributed by atoms with Crippen molar-refractivity contribution in [1.82, 2.24) is 0 Å². The average molecular weight is 387 g/mol. The molecule has 0 atom stereocenters. The third kappa shape index (κ3) is 5.42. The van der Waals surface area contributed by atoms with Gasteiger partial charge in [-0.3, -0.25) is 5.26 Å². The summed E-state index contributed by atoms with van der Waals surface area (Å²) in [5.74, 6) is 0. The second kappa shape index (κ2) is 10.7. The lowest BCUT2D eigenvalue weighted by molar-refractivity contribution is -0.337. The normalized spacial score (nSPS) is 20.2. The lowest BCUT2D eigenvalue weighted by Gasteiger charge is -2.34. The highest BCUT2D eigenvalue weighted by Gasteiger charge is 2.35. The van der Waals surface area contributed by atoms with Crippen molar-refractivity contribution in [2.24, 2.45) is 0 Å². The van der Waals surface area contributed by atoms with Crippen molar-refractivity contribution in [3.63, 3.8) is 0 Å². The smallest absolute Gasteiger partial charge is 0.128 e. The van der Waals surface area contributed by atoms with Crippen molar-refractivity contribution in [2.75, 3.05) is 0 Å². The summed E-state index contributed by atoms with van der Waals surface area (Å²) >= 11 is 0. The highest BCUT2D eigenvalue weighted by Crippen LogP contribution is 2.39. The highest BCUT2D eigenvalue weighted by atomic mass is 17.1. The fourth-order valence-electron chi connectivity index (χ4n) is 4.47. The first kappa shape index (κ1) is 22.6. The van der Waals surface area contributed by atoms with Gasteiger partial charge in [-0.1, -0.05) is 99.2 Å². The molecule has 4 heteroatoms. The molecular weight excluding hydrogens is 352 g/mol. The van der Waals surface area contributed by atoms with Crippen LogP contribution in [-0.4, -0.2) is 15.8 Å². The van der Waals surface area contributed by atoms with Crippen LogP contribution in [0.3, 0.4) is 0 Å². The van der Waals surface area contributed by atoms with Crippen molar-refractivity contribution in [1.29, 1.82) is 0 Å². The SMILES string of the molecule is O.OC1(c2ccccc2)CCCCC1.OOC1(c2ccccc2)CCCCC1. The molecule has 0 aliphatic heterocycles. The van der Waals surface area contributed by atoms with E-state index in [-0.39, 0.29) is 5.48 Å². The van der Waals surface area contributed by atoms with Gasteiger partial charge < -0.3 is 10.6 Å². The molecule has 0 unspecified atom stereocenters. The first-order valence-electron chi connectivity index (χ1n) is 10.3. The number of hydrogen-bond acceptors (Lipinski definition) is 3. The number of hydrogen-bond donors (Lipinski definition) is 2. The maximum Gasteiger partial charge on any atom is 0.128 e. The van der Waals surface area contributed by atoms with E-state index in [1.54, 1.807) is 0 Å². The third-order valence-electron chi connectivity index (χ3n) is 6.13. The Balaban J connectivity index is 0.000000194. The van der Waals surface area contributed by atoms with Crippen LogP contribution in [0.15, 0.2) is 60.7 Å². The lowest BCUT2D eigenvalue weighted by Crippen LogP contribution is -2.31. The Kier molecular flexibility index (Phi) is 8.64. The van der Waals surface area contributed by atoms with Gasteiger partial charge >= 0.3 is 0 Å². The van der Waals surface area contributed by atoms with E-state index < -0.39 is 11.2 Å². The largest absolute Gasteiger partial charge is 0.412 e. The maximum atomic E-state index is 10.3. The Morgan fingerprint density at radius 1 is 0.607 bits per heavy atom. The second-order valence-corrected chi connectivity index (χ2v) is 7.97. The summed E-state index contributed by atoms with van der Waals surface area (Å²) in [5.41, 5.74) is 1.23. The summed E-state index contributed by atoms with van der Waals surface area (Å²) in [7, 11) is 0. The molecule has 28 heavy (non-hydrogen) atoms. The Labute approximate surface area is 168 Å². The van der Waals surface area contributed by atoms with E-state index in [4.69, 9.17) is 10.1 Å². The van der Waals surface area contributed by atoms with Crippen LogP contribution in [0.2, 0.25) is 0 Å². The predicted octanol–water partition coefficient (Wildman–Crippen LogP) is 5.35. The number of rotatable bonds is 3. The minimum Gasteiger partial charge on any atom is -0.412 e. The Bertz CT molecular complexity index is 660. The van der Waals surface area contributed by atoms with Gasteiger partial charge in [-0.15, -0.1) is 0 Å². The zero-order chi connectivity index (χ0) is 19.0. The fourth-order valence-corrected chi connectivity index (χ4v) is 4.47. The van der Waals surface area contributed by atoms with Crippen LogP contribution >= 0.6 is 0 Å². The molecule has 0 heterocycles. The zero-order valence-electron chi connectivity index (χ0n) is 16.6. The molecule has 0 radical (unpaired) electrons. The van der Waals surface area contributed by atoms with Crippen LogP contribution < -0.4 is 0 Å². The van der Waals surface area contributed by atoms with Gasteiger partial charge in [0.25, 0.3) is 0 Å². The molecule has 2 aliphatic rings. The molecule has 2 aromatic carbocycles.